The first-order valence-electron chi connectivity index (χ1n) is 8.43. The van der Waals surface area contributed by atoms with Crippen molar-refractivity contribution in [2.45, 2.75) is 13.1 Å². The van der Waals surface area contributed by atoms with Crippen LogP contribution in [0.1, 0.15) is 5.56 Å². The van der Waals surface area contributed by atoms with Crippen LogP contribution in [-0.4, -0.2) is 19.8 Å². The fraction of sp³-hybridized carbons (Fsp3) is 0.100. The quantitative estimate of drug-likeness (QED) is 0.581. The molecule has 1 amide bonds. The summed E-state index contributed by atoms with van der Waals surface area (Å²) in [5.41, 5.74) is 2.91. The highest BCUT2D eigenvalue weighted by atomic mass is 32.1. The van der Waals surface area contributed by atoms with Gasteiger partial charge in [0, 0.05) is 12.1 Å². The Labute approximate surface area is 159 Å². The van der Waals surface area contributed by atoms with Crippen molar-refractivity contribution in [2.24, 2.45) is 0 Å². The molecular formula is C20H16N4O2S. The van der Waals surface area contributed by atoms with Crippen molar-refractivity contribution in [1.82, 2.24) is 19.2 Å². The minimum atomic E-state index is -0.255. The summed E-state index contributed by atoms with van der Waals surface area (Å²) in [6.45, 7) is 0.343. The Kier molecular flexibility index (Phi) is 4.76. The predicted octanol–water partition coefficient (Wildman–Crippen LogP) is 2.84. The van der Waals surface area contributed by atoms with Gasteiger partial charge in [-0.25, -0.2) is 4.98 Å². The minimum absolute atomic E-state index is 0.0762. The molecule has 0 atom stereocenters. The molecule has 0 radical (unpaired) electrons. The van der Waals surface area contributed by atoms with E-state index in [4.69, 9.17) is 0 Å². The Morgan fingerprint density at radius 3 is 2.48 bits per heavy atom. The number of rotatable bonds is 5. The van der Waals surface area contributed by atoms with Crippen molar-refractivity contribution in [1.29, 1.82) is 0 Å². The summed E-state index contributed by atoms with van der Waals surface area (Å²) in [5.74, 6) is -0.241. The number of nitrogens with zero attached hydrogens (tertiary/aromatic N) is 3. The molecule has 0 aliphatic heterocycles. The Bertz CT molecular complexity index is 1140. The molecule has 0 fully saturated rings. The van der Waals surface area contributed by atoms with Gasteiger partial charge >= 0.3 is 0 Å². The molecule has 0 unspecified atom stereocenters. The Balaban J connectivity index is 1.54. The maximum absolute atomic E-state index is 12.7. The van der Waals surface area contributed by atoms with E-state index in [9.17, 15) is 9.59 Å². The molecule has 0 saturated heterocycles. The van der Waals surface area contributed by atoms with Gasteiger partial charge in [0.25, 0.3) is 5.56 Å². The second-order valence-electron chi connectivity index (χ2n) is 6.01. The van der Waals surface area contributed by atoms with Gasteiger partial charge < -0.3 is 5.32 Å². The molecule has 27 heavy (non-hydrogen) atoms. The van der Waals surface area contributed by atoms with Gasteiger partial charge in [0.05, 0.1) is 6.33 Å². The lowest BCUT2D eigenvalue weighted by Crippen LogP contribution is -2.31. The monoisotopic (exact) mass is 376 g/mol. The zero-order chi connectivity index (χ0) is 18.6. The molecule has 0 aliphatic carbocycles. The van der Waals surface area contributed by atoms with Crippen molar-refractivity contribution in [3.63, 3.8) is 0 Å². The summed E-state index contributed by atoms with van der Waals surface area (Å²) >= 11 is 1.11. The molecule has 7 heteroatoms. The molecule has 4 rings (SSSR count). The summed E-state index contributed by atoms with van der Waals surface area (Å²) < 4.78 is 6.15. The molecule has 2 heterocycles. The van der Waals surface area contributed by atoms with Gasteiger partial charge in [-0.15, -0.1) is 0 Å². The average Bonchev–Trinajstić information content (AvgIpc) is 3.15. The number of hydrogen-bond acceptors (Lipinski definition) is 5. The van der Waals surface area contributed by atoms with Crippen molar-refractivity contribution in [2.75, 3.05) is 0 Å². The summed E-state index contributed by atoms with van der Waals surface area (Å²) in [6.07, 6.45) is 1.41. The Morgan fingerprint density at radius 1 is 1.04 bits per heavy atom. The molecule has 0 aliphatic rings. The fourth-order valence-electron chi connectivity index (χ4n) is 2.76. The van der Waals surface area contributed by atoms with Gasteiger partial charge in [-0.3, -0.25) is 14.2 Å². The number of carbonyl (C=O) groups is 1. The van der Waals surface area contributed by atoms with Crippen LogP contribution in [0, 0.1) is 0 Å². The van der Waals surface area contributed by atoms with Gasteiger partial charge in [-0.1, -0.05) is 60.7 Å². The lowest BCUT2D eigenvalue weighted by molar-refractivity contribution is -0.121. The molecule has 134 valence electrons. The van der Waals surface area contributed by atoms with Gasteiger partial charge in [-0.05, 0) is 17.1 Å². The van der Waals surface area contributed by atoms with Crippen molar-refractivity contribution in [3.05, 3.63) is 82.9 Å². The third-order valence-corrected chi connectivity index (χ3v) is 4.97. The third-order valence-electron chi connectivity index (χ3n) is 4.14. The highest BCUT2D eigenvalue weighted by Gasteiger charge is 2.15. The predicted molar refractivity (Wildman–Crippen MR) is 105 cm³/mol. The number of carbonyl (C=O) groups excluding carboxylic acids is 1. The standard InChI is InChI=1S/C20H16N4O2S/c25-16(21-11-14-7-3-1-4-8-14)12-24-13-22-18-17(15-9-5-2-6-10-15)23-27-19(18)20(24)26/h1-10,13H,11-12H2,(H,21,25). The number of benzene rings is 2. The molecule has 2 aromatic carbocycles. The van der Waals surface area contributed by atoms with Crippen LogP contribution in [0.25, 0.3) is 21.5 Å². The number of nitrogens with one attached hydrogen (secondary N) is 1. The first-order chi connectivity index (χ1) is 13.2. The first-order valence-corrected chi connectivity index (χ1v) is 9.20. The normalized spacial score (nSPS) is 10.8. The van der Waals surface area contributed by atoms with Crippen LogP contribution < -0.4 is 10.9 Å². The summed E-state index contributed by atoms with van der Waals surface area (Å²) in [5, 5.41) is 2.82. The van der Waals surface area contributed by atoms with E-state index >= 15 is 0 Å². The number of hydrogen-bond donors (Lipinski definition) is 1. The van der Waals surface area contributed by atoms with Crippen LogP contribution in [0.2, 0.25) is 0 Å². The molecular weight excluding hydrogens is 360 g/mol. The van der Waals surface area contributed by atoms with E-state index in [0.29, 0.717) is 22.5 Å². The number of amides is 1. The average molecular weight is 376 g/mol. The van der Waals surface area contributed by atoms with E-state index in [1.165, 1.54) is 10.9 Å². The van der Waals surface area contributed by atoms with Gasteiger partial charge in [0.1, 0.15) is 22.5 Å². The smallest absolute Gasteiger partial charge is 0.273 e. The summed E-state index contributed by atoms with van der Waals surface area (Å²) in [4.78, 5) is 29.3. The lowest BCUT2D eigenvalue weighted by Gasteiger charge is -2.07. The van der Waals surface area contributed by atoms with Gasteiger partial charge in [-0.2, -0.15) is 4.37 Å². The molecule has 1 N–H and O–H groups in total. The van der Waals surface area contributed by atoms with E-state index in [0.717, 1.165) is 22.7 Å². The number of fused-ring (bicyclic) bond motifs is 1. The topological polar surface area (TPSA) is 76.9 Å². The van der Waals surface area contributed by atoms with Crippen molar-refractivity contribution in [3.8, 4) is 11.3 Å². The highest BCUT2D eigenvalue weighted by molar-refractivity contribution is 7.13. The Hall–Kier alpha value is -3.32. The molecule has 2 aromatic heterocycles. The highest BCUT2D eigenvalue weighted by Crippen LogP contribution is 2.26. The Morgan fingerprint density at radius 2 is 1.74 bits per heavy atom. The van der Waals surface area contributed by atoms with Gasteiger partial charge in [0.15, 0.2) is 0 Å². The van der Waals surface area contributed by atoms with Crippen LogP contribution in [-0.2, 0) is 17.9 Å². The SMILES string of the molecule is O=C(Cn1cnc2c(-c3ccccc3)nsc2c1=O)NCc1ccccc1. The summed E-state index contributed by atoms with van der Waals surface area (Å²) in [7, 11) is 0. The van der Waals surface area contributed by atoms with E-state index in [-0.39, 0.29) is 18.0 Å². The van der Waals surface area contributed by atoms with Crippen LogP contribution >= 0.6 is 11.5 Å². The summed E-state index contributed by atoms with van der Waals surface area (Å²) in [6, 6.07) is 19.2. The zero-order valence-corrected chi connectivity index (χ0v) is 15.1. The van der Waals surface area contributed by atoms with Crippen LogP contribution in [0.5, 0.6) is 0 Å². The first kappa shape index (κ1) is 17.1. The molecule has 4 aromatic rings. The maximum atomic E-state index is 12.7. The van der Waals surface area contributed by atoms with Crippen LogP contribution in [0.15, 0.2) is 71.8 Å². The second kappa shape index (κ2) is 7.51. The van der Waals surface area contributed by atoms with Crippen molar-refractivity contribution >= 4 is 27.7 Å². The van der Waals surface area contributed by atoms with E-state index in [1.807, 2.05) is 60.7 Å². The lowest BCUT2D eigenvalue weighted by atomic mass is 10.1. The fourth-order valence-corrected chi connectivity index (χ4v) is 3.57. The van der Waals surface area contributed by atoms with Crippen molar-refractivity contribution < 1.29 is 4.79 Å². The van der Waals surface area contributed by atoms with Crippen LogP contribution in [0.3, 0.4) is 0 Å². The van der Waals surface area contributed by atoms with E-state index in [2.05, 4.69) is 14.7 Å². The molecule has 6 nitrogen and oxygen atoms in total. The number of aromatic nitrogens is 3. The van der Waals surface area contributed by atoms with Crippen LogP contribution in [0.4, 0.5) is 0 Å². The molecule has 0 saturated carbocycles. The van der Waals surface area contributed by atoms with E-state index in [1.54, 1.807) is 0 Å². The maximum Gasteiger partial charge on any atom is 0.273 e. The third kappa shape index (κ3) is 3.63. The van der Waals surface area contributed by atoms with Gasteiger partial charge in [0.2, 0.25) is 5.91 Å². The molecule has 0 spiro atoms. The van der Waals surface area contributed by atoms with E-state index < -0.39 is 0 Å². The minimum Gasteiger partial charge on any atom is -0.350 e. The largest absolute Gasteiger partial charge is 0.350 e. The second-order valence-corrected chi connectivity index (χ2v) is 6.79. The molecule has 0 bridgehead atoms. The zero-order valence-electron chi connectivity index (χ0n) is 14.3.